The maximum Gasteiger partial charge on any atom is 0.272 e. The minimum Gasteiger partial charge on any atom is -0.396 e. The Morgan fingerprint density at radius 2 is 2.14 bits per heavy atom. The monoisotopic (exact) mass is 259 g/mol. The van der Waals surface area contributed by atoms with Crippen LogP contribution in [0.5, 0.6) is 0 Å². The molecule has 2 atom stereocenters. The summed E-state index contributed by atoms with van der Waals surface area (Å²) in [6.45, 7) is 5.16. The number of carbonyl (C=O) groups is 1. The van der Waals surface area contributed by atoms with Crippen LogP contribution in [-0.4, -0.2) is 27.5 Å². The highest BCUT2D eigenvalue weighted by atomic mass is 35.6. The molecule has 0 aliphatic heterocycles. The average Bonchev–Trinajstić information content (AvgIpc) is 2.10. The van der Waals surface area contributed by atoms with E-state index in [1.807, 2.05) is 0 Å². The molecule has 0 aliphatic carbocycles. The number of alkyl halides is 3. The molecule has 82 valence electrons. The molecule has 0 saturated heterocycles. The Balaban J connectivity index is 4.33. The summed E-state index contributed by atoms with van der Waals surface area (Å²) in [6.07, 6.45) is 1.48. The fraction of sp³-hybridized carbons (Fsp3) is 0.625. The van der Waals surface area contributed by atoms with Gasteiger partial charge in [0, 0.05) is 12.5 Å². The Bertz CT molecular complexity index is 215. The number of carbonyl (C=O) groups excluding carboxylic acids is 1. The lowest BCUT2D eigenvalue weighted by Crippen LogP contribution is -2.44. The Kier molecular flexibility index (Phi) is 5.83. The highest BCUT2D eigenvalue weighted by Crippen LogP contribution is 2.26. The van der Waals surface area contributed by atoms with Crippen LogP contribution >= 0.6 is 34.8 Å². The van der Waals surface area contributed by atoms with Crippen LogP contribution in [-0.2, 0) is 4.79 Å². The van der Waals surface area contributed by atoms with Gasteiger partial charge in [0.15, 0.2) is 0 Å². The first-order valence-electron chi connectivity index (χ1n) is 3.94. The zero-order chi connectivity index (χ0) is 11.4. The predicted octanol–water partition coefficient (Wildman–Crippen LogP) is 1.66. The normalized spacial score (nSPS) is 15.8. The van der Waals surface area contributed by atoms with Crippen molar-refractivity contribution in [3.8, 4) is 0 Å². The minimum atomic E-state index is -1.99. The van der Waals surface area contributed by atoms with Gasteiger partial charge in [-0.05, 0) is 0 Å². The van der Waals surface area contributed by atoms with Gasteiger partial charge in [0.2, 0.25) is 0 Å². The lowest BCUT2D eigenvalue weighted by atomic mass is 10.0. The largest absolute Gasteiger partial charge is 0.396 e. The summed E-state index contributed by atoms with van der Waals surface area (Å²) < 4.78 is -1.99. The van der Waals surface area contributed by atoms with Crippen molar-refractivity contribution in [2.75, 3.05) is 6.61 Å². The minimum absolute atomic E-state index is 0.0865. The van der Waals surface area contributed by atoms with Gasteiger partial charge >= 0.3 is 0 Å². The SMILES string of the molecule is C=C[C@@H](NC(=O)C(Cl)(Cl)Cl)[C@H](C)CO. The third-order valence-electron chi connectivity index (χ3n) is 1.71. The molecule has 0 spiro atoms. The molecule has 0 aromatic carbocycles. The van der Waals surface area contributed by atoms with E-state index in [0.717, 1.165) is 0 Å². The molecule has 3 nitrogen and oxygen atoms in total. The van der Waals surface area contributed by atoms with Gasteiger partial charge in [-0.25, -0.2) is 0 Å². The highest BCUT2D eigenvalue weighted by molar-refractivity contribution is 6.76. The highest BCUT2D eigenvalue weighted by Gasteiger charge is 2.32. The zero-order valence-electron chi connectivity index (χ0n) is 7.64. The predicted molar refractivity (Wildman–Crippen MR) is 58.7 cm³/mol. The second-order valence-corrected chi connectivity index (χ2v) is 5.17. The van der Waals surface area contributed by atoms with Crippen molar-refractivity contribution >= 4 is 40.7 Å². The Hall–Kier alpha value is 0.0400. The average molecular weight is 261 g/mol. The van der Waals surface area contributed by atoms with Crippen LogP contribution in [0.25, 0.3) is 0 Å². The van der Waals surface area contributed by atoms with Crippen molar-refractivity contribution in [3.05, 3.63) is 12.7 Å². The summed E-state index contributed by atoms with van der Waals surface area (Å²) in [6, 6.07) is -0.414. The number of nitrogens with one attached hydrogen (secondary N) is 1. The van der Waals surface area contributed by atoms with Gasteiger partial charge in [0.1, 0.15) is 0 Å². The molecule has 0 heterocycles. The second-order valence-electron chi connectivity index (χ2n) is 2.89. The quantitative estimate of drug-likeness (QED) is 0.596. The van der Waals surface area contributed by atoms with E-state index >= 15 is 0 Å². The first-order valence-corrected chi connectivity index (χ1v) is 5.07. The van der Waals surface area contributed by atoms with Gasteiger partial charge in [0.25, 0.3) is 9.70 Å². The summed E-state index contributed by atoms with van der Waals surface area (Å²) >= 11 is 16.1. The van der Waals surface area contributed by atoms with E-state index in [2.05, 4.69) is 11.9 Å². The summed E-state index contributed by atoms with van der Waals surface area (Å²) in [5.41, 5.74) is 0. The third kappa shape index (κ3) is 4.51. The molecule has 0 unspecified atom stereocenters. The topological polar surface area (TPSA) is 49.3 Å². The van der Waals surface area contributed by atoms with E-state index in [0.29, 0.717) is 0 Å². The summed E-state index contributed by atoms with van der Waals surface area (Å²) in [5, 5.41) is 11.3. The van der Waals surface area contributed by atoms with Crippen molar-refractivity contribution in [2.45, 2.75) is 16.8 Å². The fourth-order valence-corrected chi connectivity index (χ4v) is 0.944. The molecule has 14 heavy (non-hydrogen) atoms. The smallest absolute Gasteiger partial charge is 0.272 e. The maximum absolute atomic E-state index is 11.2. The maximum atomic E-state index is 11.2. The van der Waals surface area contributed by atoms with Crippen LogP contribution in [0.1, 0.15) is 6.92 Å². The number of amides is 1. The Morgan fingerprint density at radius 1 is 1.64 bits per heavy atom. The first kappa shape index (κ1) is 14.0. The Morgan fingerprint density at radius 3 is 2.43 bits per heavy atom. The van der Waals surface area contributed by atoms with Crippen LogP contribution in [0.3, 0.4) is 0 Å². The number of hydrogen-bond donors (Lipinski definition) is 2. The van der Waals surface area contributed by atoms with E-state index in [1.54, 1.807) is 6.92 Å². The van der Waals surface area contributed by atoms with Gasteiger partial charge in [0.05, 0.1) is 6.04 Å². The number of aliphatic hydroxyl groups is 1. The second kappa shape index (κ2) is 5.81. The number of hydrogen-bond acceptors (Lipinski definition) is 2. The van der Waals surface area contributed by atoms with Crippen LogP contribution in [0.2, 0.25) is 0 Å². The molecule has 2 N–H and O–H groups in total. The molecular formula is C8H12Cl3NO2. The molecule has 0 aromatic rings. The van der Waals surface area contributed by atoms with Crippen LogP contribution in [0.15, 0.2) is 12.7 Å². The molecular weight excluding hydrogens is 248 g/mol. The lowest BCUT2D eigenvalue weighted by molar-refractivity contribution is -0.121. The van der Waals surface area contributed by atoms with Gasteiger partial charge in [-0.15, -0.1) is 6.58 Å². The number of aliphatic hydroxyl groups excluding tert-OH is 1. The lowest BCUT2D eigenvalue weighted by Gasteiger charge is -2.22. The van der Waals surface area contributed by atoms with Crippen molar-refractivity contribution in [2.24, 2.45) is 5.92 Å². The van der Waals surface area contributed by atoms with Crippen molar-refractivity contribution in [3.63, 3.8) is 0 Å². The van der Waals surface area contributed by atoms with Crippen molar-refractivity contribution in [1.82, 2.24) is 5.32 Å². The van der Waals surface area contributed by atoms with Gasteiger partial charge in [-0.1, -0.05) is 47.8 Å². The molecule has 1 amide bonds. The standard InChI is InChI=1S/C8H12Cl3NO2/c1-3-6(5(2)4-13)12-7(14)8(9,10)11/h3,5-6,13H,1,4H2,2H3,(H,12,14)/t5-,6-/m1/s1. The molecule has 0 aliphatic rings. The van der Waals surface area contributed by atoms with Crippen molar-refractivity contribution < 1.29 is 9.90 Å². The molecule has 0 fully saturated rings. The van der Waals surface area contributed by atoms with Gasteiger partial charge in [-0.2, -0.15) is 0 Å². The number of rotatable bonds is 4. The van der Waals surface area contributed by atoms with E-state index in [-0.39, 0.29) is 12.5 Å². The Labute approximate surface area is 98.0 Å². The van der Waals surface area contributed by atoms with E-state index < -0.39 is 15.7 Å². The summed E-state index contributed by atoms with van der Waals surface area (Å²) in [5.74, 6) is -0.906. The molecule has 0 radical (unpaired) electrons. The molecule has 0 rings (SSSR count). The van der Waals surface area contributed by atoms with Gasteiger partial charge < -0.3 is 10.4 Å². The van der Waals surface area contributed by atoms with E-state index in [9.17, 15) is 4.79 Å². The zero-order valence-corrected chi connectivity index (χ0v) is 9.90. The molecule has 6 heteroatoms. The van der Waals surface area contributed by atoms with E-state index in [4.69, 9.17) is 39.9 Å². The van der Waals surface area contributed by atoms with E-state index in [1.165, 1.54) is 6.08 Å². The number of halogens is 3. The van der Waals surface area contributed by atoms with Crippen LogP contribution in [0, 0.1) is 5.92 Å². The third-order valence-corrected chi connectivity index (χ3v) is 2.23. The molecule has 0 saturated carbocycles. The molecule has 0 bridgehead atoms. The summed E-state index contributed by atoms with van der Waals surface area (Å²) in [4.78, 5) is 11.2. The van der Waals surface area contributed by atoms with Crippen LogP contribution < -0.4 is 5.32 Å². The molecule has 0 aromatic heterocycles. The summed E-state index contributed by atoms with van der Waals surface area (Å²) in [7, 11) is 0. The van der Waals surface area contributed by atoms with Crippen molar-refractivity contribution in [1.29, 1.82) is 0 Å². The van der Waals surface area contributed by atoms with Gasteiger partial charge in [-0.3, -0.25) is 4.79 Å². The first-order chi connectivity index (χ1) is 6.32. The fourth-order valence-electron chi connectivity index (χ4n) is 0.780. The van der Waals surface area contributed by atoms with Crippen LogP contribution in [0.4, 0.5) is 0 Å².